The van der Waals surface area contributed by atoms with Gasteiger partial charge in [0.25, 0.3) is 0 Å². The van der Waals surface area contributed by atoms with E-state index in [9.17, 15) is 4.39 Å². The van der Waals surface area contributed by atoms with Crippen molar-refractivity contribution in [2.24, 2.45) is 10.9 Å². The van der Waals surface area contributed by atoms with Crippen LogP contribution in [0.4, 0.5) is 10.2 Å². The normalized spacial score (nSPS) is 25.3. The van der Waals surface area contributed by atoms with Crippen LogP contribution in [0.5, 0.6) is 0 Å². The Hall–Kier alpha value is -1.89. The van der Waals surface area contributed by atoms with E-state index in [1.165, 1.54) is 19.0 Å². The summed E-state index contributed by atoms with van der Waals surface area (Å²) < 4.78 is 13.9. The smallest absolute Gasteiger partial charge is 0.191 e. The maximum atomic E-state index is 13.9. The Morgan fingerprint density at radius 2 is 2.25 bits per heavy atom. The topological polar surface area (TPSA) is 55.8 Å². The van der Waals surface area contributed by atoms with Crippen molar-refractivity contribution in [3.8, 4) is 0 Å². The zero-order valence-corrected chi connectivity index (χ0v) is 14.5. The van der Waals surface area contributed by atoms with Crippen LogP contribution in [0.15, 0.2) is 23.3 Å². The monoisotopic (exact) mass is 334 g/mol. The molecule has 0 saturated carbocycles. The molecule has 0 aliphatic carbocycles. The fourth-order valence-electron chi connectivity index (χ4n) is 3.50. The third-order valence-electron chi connectivity index (χ3n) is 4.84. The molecular weight excluding hydrogens is 307 g/mol. The summed E-state index contributed by atoms with van der Waals surface area (Å²) in [5, 5.41) is 6.88. The summed E-state index contributed by atoms with van der Waals surface area (Å²) in [6.45, 7) is 4.79. The Morgan fingerprint density at radius 1 is 1.38 bits per heavy atom. The lowest BCUT2D eigenvalue weighted by molar-refractivity contribution is 0.393. The van der Waals surface area contributed by atoms with Crippen LogP contribution >= 0.6 is 0 Å². The number of rotatable bonds is 4. The molecule has 0 amide bonds. The molecule has 0 bridgehead atoms. The maximum absolute atomic E-state index is 13.9. The Kier molecular flexibility index (Phi) is 5.50. The molecule has 24 heavy (non-hydrogen) atoms. The van der Waals surface area contributed by atoms with Crippen LogP contribution in [0.3, 0.4) is 0 Å². The minimum atomic E-state index is -0.258. The number of guanidine groups is 1. The second kappa shape index (κ2) is 7.79. The summed E-state index contributed by atoms with van der Waals surface area (Å²) >= 11 is 0. The molecule has 0 spiro atoms. The second-order valence-electron chi connectivity index (χ2n) is 6.75. The van der Waals surface area contributed by atoms with Crippen LogP contribution in [0, 0.1) is 11.7 Å². The average Bonchev–Trinajstić information content (AvgIpc) is 3.21. The molecule has 2 aliphatic heterocycles. The van der Waals surface area contributed by atoms with Gasteiger partial charge in [0.1, 0.15) is 0 Å². The Labute approximate surface area is 143 Å². The van der Waals surface area contributed by atoms with E-state index in [2.05, 4.69) is 32.6 Å². The number of hydrogen-bond donors (Lipinski definition) is 2. The van der Waals surface area contributed by atoms with E-state index < -0.39 is 0 Å². The van der Waals surface area contributed by atoms with Crippen molar-refractivity contribution < 1.29 is 4.39 Å². The summed E-state index contributed by atoms with van der Waals surface area (Å²) in [5.74, 6) is 1.69. The lowest BCUT2D eigenvalue weighted by atomic mass is 10.1. The molecule has 3 heterocycles. The van der Waals surface area contributed by atoms with Crippen molar-refractivity contribution in [3.63, 3.8) is 0 Å². The second-order valence-corrected chi connectivity index (χ2v) is 6.75. The van der Waals surface area contributed by atoms with Gasteiger partial charge in [-0.25, -0.2) is 9.37 Å². The fraction of sp³-hybridized carbons (Fsp3) is 0.647. The van der Waals surface area contributed by atoms with Crippen molar-refractivity contribution in [2.75, 3.05) is 51.7 Å². The van der Waals surface area contributed by atoms with Gasteiger partial charge in [-0.15, -0.1) is 0 Å². The highest BCUT2D eigenvalue weighted by Crippen LogP contribution is 2.20. The van der Waals surface area contributed by atoms with Gasteiger partial charge in [0.2, 0.25) is 0 Å². The highest BCUT2D eigenvalue weighted by Gasteiger charge is 2.26. The molecule has 2 N–H and O–H groups in total. The average molecular weight is 334 g/mol. The van der Waals surface area contributed by atoms with E-state index in [0.717, 1.165) is 38.6 Å². The standard InChI is InChI=1S/C17H27FN6/c1-19-17(21-10-13-5-8-23(2)11-13)22-14-6-9-24(12-14)16-15(18)4-3-7-20-16/h3-4,7,13-14H,5-6,8-12H2,1-2H3,(H2,19,21,22). The van der Waals surface area contributed by atoms with Crippen molar-refractivity contribution >= 4 is 11.8 Å². The molecule has 7 heteroatoms. The summed E-state index contributed by atoms with van der Waals surface area (Å²) in [6.07, 6.45) is 3.82. The van der Waals surface area contributed by atoms with E-state index in [1.807, 2.05) is 4.90 Å². The molecule has 2 fully saturated rings. The third-order valence-corrected chi connectivity index (χ3v) is 4.84. The van der Waals surface area contributed by atoms with Crippen LogP contribution in [-0.2, 0) is 0 Å². The number of aromatic nitrogens is 1. The summed E-state index contributed by atoms with van der Waals surface area (Å²) in [6, 6.07) is 3.34. The lowest BCUT2D eigenvalue weighted by Gasteiger charge is -2.20. The minimum Gasteiger partial charge on any atom is -0.356 e. The number of nitrogens with zero attached hydrogens (tertiary/aromatic N) is 4. The van der Waals surface area contributed by atoms with E-state index in [1.54, 1.807) is 19.3 Å². The summed E-state index contributed by atoms with van der Waals surface area (Å²) in [5.41, 5.74) is 0. The van der Waals surface area contributed by atoms with Gasteiger partial charge in [0.15, 0.2) is 17.6 Å². The van der Waals surface area contributed by atoms with Gasteiger partial charge in [0, 0.05) is 45.5 Å². The first kappa shape index (κ1) is 17.0. The zero-order valence-electron chi connectivity index (χ0n) is 14.5. The van der Waals surface area contributed by atoms with Crippen LogP contribution in [-0.4, -0.2) is 68.7 Å². The molecule has 132 valence electrons. The van der Waals surface area contributed by atoms with E-state index >= 15 is 0 Å². The fourth-order valence-corrected chi connectivity index (χ4v) is 3.50. The van der Waals surface area contributed by atoms with E-state index in [0.29, 0.717) is 11.7 Å². The molecule has 0 radical (unpaired) electrons. The highest BCUT2D eigenvalue weighted by atomic mass is 19.1. The molecule has 3 rings (SSSR count). The van der Waals surface area contributed by atoms with Gasteiger partial charge in [-0.2, -0.15) is 0 Å². The van der Waals surface area contributed by atoms with Gasteiger partial charge in [-0.3, -0.25) is 4.99 Å². The van der Waals surface area contributed by atoms with Crippen LogP contribution in [0.1, 0.15) is 12.8 Å². The van der Waals surface area contributed by atoms with Gasteiger partial charge in [-0.05, 0) is 44.5 Å². The first-order valence-electron chi connectivity index (χ1n) is 8.67. The Balaban J connectivity index is 1.48. The molecule has 6 nitrogen and oxygen atoms in total. The number of halogens is 1. The first-order valence-corrected chi connectivity index (χ1v) is 8.67. The number of pyridine rings is 1. The van der Waals surface area contributed by atoms with Gasteiger partial charge in [0.05, 0.1) is 0 Å². The molecular formula is C17H27FN6. The van der Waals surface area contributed by atoms with Crippen molar-refractivity contribution in [1.29, 1.82) is 0 Å². The molecule has 0 aromatic carbocycles. The molecule has 2 atom stereocenters. The number of hydrogen-bond acceptors (Lipinski definition) is 4. The third kappa shape index (κ3) is 4.14. The lowest BCUT2D eigenvalue weighted by Crippen LogP contribution is -2.46. The predicted molar refractivity (Wildman–Crippen MR) is 94.9 cm³/mol. The Morgan fingerprint density at radius 3 is 2.96 bits per heavy atom. The first-order chi connectivity index (χ1) is 11.7. The van der Waals surface area contributed by atoms with Crippen molar-refractivity contribution in [3.05, 3.63) is 24.1 Å². The van der Waals surface area contributed by atoms with Crippen LogP contribution in [0.25, 0.3) is 0 Å². The number of nitrogens with one attached hydrogen (secondary N) is 2. The largest absolute Gasteiger partial charge is 0.356 e. The number of anilines is 1. The van der Waals surface area contributed by atoms with Crippen molar-refractivity contribution in [1.82, 2.24) is 20.5 Å². The van der Waals surface area contributed by atoms with Crippen LogP contribution < -0.4 is 15.5 Å². The van der Waals surface area contributed by atoms with Gasteiger partial charge < -0.3 is 20.4 Å². The SMILES string of the molecule is CN=C(NCC1CCN(C)C1)NC1CCN(c2ncccc2F)C1. The minimum absolute atomic E-state index is 0.254. The van der Waals surface area contributed by atoms with E-state index in [4.69, 9.17) is 0 Å². The molecule has 2 saturated heterocycles. The van der Waals surface area contributed by atoms with E-state index in [-0.39, 0.29) is 11.9 Å². The molecule has 2 unspecified atom stereocenters. The predicted octanol–water partition coefficient (Wildman–Crippen LogP) is 0.916. The highest BCUT2D eigenvalue weighted by molar-refractivity contribution is 5.80. The van der Waals surface area contributed by atoms with Gasteiger partial charge in [-0.1, -0.05) is 0 Å². The molecule has 1 aromatic heterocycles. The molecule has 1 aromatic rings. The summed E-state index contributed by atoms with van der Waals surface area (Å²) in [4.78, 5) is 12.8. The van der Waals surface area contributed by atoms with Gasteiger partial charge >= 0.3 is 0 Å². The number of aliphatic imine (C=N–C) groups is 1. The van der Waals surface area contributed by atoms with Crippen molar-refractivity contribution in [2.45, 2.75) is 18.9 Å². The maximum Gasteiger partial charge on any atom is 0.191 e. The number of likely N-dealkylation sites (tertiary alicyclic amines) is 1. The quantitative estimate of drug-likeness (QED) is 0.633. The summed E-state index contributed by atoms with van der Waals surface area (Å²) in [7, 11) is 3.96. The van der Waals surface area contributed by atoms with Crippen LogP contribution in [0.2, 0.25) is 0 Å². The zero-order chi connectivity index (χ0) is 16.9. The Bertz CT molecular complexity index is 578. The molecule has 2 aliphatic rings.